The van der Waals surface area contributed by atoms with Crippen molar-refractivity contribution in [2.75, 3.05) is 0 Å². The number of Topliss-reactive ketones (excluding diaryl/α,β-unsaturated/α-hetero) is 1. The number of carbonyl (C=O) groups excluding carboxylic acids is 1. The molecule has 1 aliphatic rings. The summed E-state index contributed by atoms with van der Waals surface area (Å²) >= 11 is 0. The minimum Gasteiger partial charge on any atom is -0.299 e. The van der Waals surface area contributed by atoms with Crippen LogP contribution in [0.3, 0.4) is 0 Å². The van der Waals surface area contributed by atoms with Gasteiger partial charge in [-0.3, -0.25) is 4.79 Å². The number of rotatable bonds is 6. The molecule has 0 spiro atoms. The molecule has 4 rings (SSSR count). The summed E-state index contributed by atoms with van der Waals surface area (Å²) in [5.41, 5.74) is 3.25. The molecule has 3 aromatic rings. The van der Waals surface area contributed by atoms with Gasteiger partial charge in [-0.1, -0.05) is 116 Å². The first kappa shape index (κ1) is 20.3. The summed E-state index contributed by atoms with van der Waals surface area (Å²) in [5.74, 6) is 0.605. The minimum absolute atomic E-state index is 0.189. The molecule has 0 aliphatic heterocycles. The van der Waals surface area contributed by atoms with E-state index in [2.05, 4.69) is 91.0 Å². The first-order valence-electron chi connectivity index (χ1n) is 11.1. The normalized spacial score (nSPS) is 20.7. The van der Waals surface area contributed by atoms with E-state index in [0.29, 0.717) is 12.2 Å². The smallest absolute Gasteiger partial charge is 0.143 e. The third-order valence-electron chi connectivity index (χ3n) is 6.48. The average molecular weight is 395 g/mol. The Morgan fingerprint density at radius 1 is 0.767 bits per heavy atom. The first-order valence-corrected chi connectivity index (χ1v) is 11.1. The zero-order valence-corrected chi connectivity index (χ0v) is 17.5. The van der Waals surface area contributed by atoms with Crippen LogP contribution in [0.4, 0.5) is 0 Å². The van der Waals surface area contributed by atoms with Crippen LogP contribution >= 0.6 is 0 Å². The van der Waals surface area contributed by atoms with Crippen LogP contribution in [-0.2, 0) is 10.2 Å². The third-order valence-corrected chi connectivity index (χ3v) is 6.48. The van der Waals surface area contributed by atoms with Gasteiger partial charge in [0.1, 0.15) is 5.78 Å². The molecular weight excluding hydrogens is 364 g/mol. The highest BCUT2D eigenvalue weighted by Crippen LogP contribution is 2.43. The summed E-state index contributed by atoms with van der Waals surface area (Å²) in [6.45, 7) is 0. The fourth-order valence-electron chi connectivity index (χ4n) is 4.83. The Morgan fingerprint density at radius 2 is 1.40 bits per heavy atom. The van der Waals surface area contributed by atoms with Crippen LogP contribution in [0.1, 0.15) is 61.1 Å². The van der Waals surface area contributed by atoms with Gasteiger partial charge in [-0.25, -0.2) is 0 Å². The van der Waals surface area contributed by atoms with Gasteiger partial charge < -0.3 is 0 Å². The number of hydrogen-bond donors (Lipinski definition) is 0. The molecule has 0 amide bonds. The predicted octanol–water partition coefficient (Wildman–Crippen LogP) is 7.34. The Kier molecular flexibility index (Phi) is 6.59. The van der Waals surface area contributed by atoms with Crippen LogP contribution in [-0.4, -0.2) is 5.78 Å². The highest BCUT2D eigenvalue weighted by Gasteiger charge is 2.41. The van der Waals surface area contributed by atoms with E-state index in [1.54, 1.807) is 0 Å². The van der Waals surface area contributed by atoms with Gasteiger partial charge in [-0.2, -0.15) is 0 Å². The Bertz CT molecular complexity index is 959. The van der Waals surface area contributed by atoms with Crippen LogP contribution in [0.2, 0.25) is 0 Å². The molecule has 0 saturated heterocycles. The van der Waals surface area contributed by atoms with Crippen LogP contribution in [0.25, 0.3) is 6.08 Å². The van der Waals surface area contributed by atoms with E-state index in [4.69, 9.17) is 0 Å². The Balaban J connectivity index is 1.74. The Labute approximate surface area is 180 Å². The highest BCUT2D eigenvalue weighted by atomic mass is 16.1. The molecule has 0 heterocycles. The van der Waals surface area contributed by atoms with Crippen molar-refractivity contribution in [2.45, 2.75) is 49.9 Å². The molecule has 1 saturated carbocycles. The van der Waals surface area contributed by atoms with Crippen LogP contribution in [0.5, 0.6) is 0 Å². The second-order valence-corrected chi connectivity index (χ2v) is 8.42. The van der Waals surface area contributed by atoms with Gasteiger partial charge in [-0.15, -0.1) is 0 Å². The number of ketones is 1. The summed E-state index contributed by atoms with van der Waals surface area (Å²) in [6.07, 6.45) is 10.2. The lowest BCUT2D eigenvalue weighted by molar-refractivity contribution is -0.124. The van der Waals surface area contributed by atoms with Crippen molar-refractivity contribution < 1.29 is 4.79 Å². The molecule has 0 radical (unpaired) electrons. The molecule has 152 valence electrons. The Morgan fingerprint density at radius 3 is 2.10 bits per heavy atom. The highest BCUT2D eigenvalue weighted by molar-refractivity contribution is 5.90. The zero-order chi connectivity index (χ0) is 20.7. The lowest BCUT2D eigenvalue weighted by Crippen LogP contribution is -2.36. The average Bonchev–Trinajstić information content (AvgIpc) is 3.00. The summed E-state index contributed by atoms with van der Waals surface area (Å²) in [5, 5.41) is 0. The molecule has 0 bridgehead atoms. The number of carbonyl (C=O) groups is 1. The van der Waals surface area contributed by atoms with E-state index < -0.39 is 5.41 Å². The molecule has 1 heteroatoms. The van der Waals surface area contributed by atoms with E-state index in [0.717, 1.165) is 32.1 Å². The summed E-state index contributed by atoms with van der Waals surface area (Å²) < 4.78 is 0. The maximum absolute atomic E-state index is 13.6. The topological polar surface area (TPSA) is 17.1 Å². The van der Waals surface area contributed by atoms with Crippen molar-refractivity contribution in [3.05, 3.63) is 114 Å². The van der Waals surface area contributed by atoms with Crippen molar-refractivity contribution in [3.8, 4) is 0 Å². The Hall–Kier alpha value is -2.93. The van der Waals surface area contributed by atoms with Crippen molar-refractivity contribution in [2.24, 2.45) is 0 Å². The molecule has 2 atom stereocenters. The summed E-state index contributed by atoms with van der Waals surface area (Å²) in [7, 11) is 0. The van der Waals surface area contributed by atoms with Gasteiger partial charge in [0.2, 0.25) is 0 Å². The van der Waals surface area contributed by atoms with E-state index >= 15 is 0 Å². The standard InChI is InChI=1S/C29H30O/c30-28-19-11-4-12-22-29(28,27-17-9-3-10-18-27)23-26(25-15-7-2-8-16-25)21-20-24-13-5-1-6-14-24/h1-3,5-10,13-18,20-21,26H,4,11-12,19,22-23H2/b21-20+/t26-,29+/m1/s1. The van der Waals surface area contributed by atoms with E-state index in [9.17, 15) is 4.79 Å². The van der Waals surface area contributed by atoms with Gasteiger partial charge in [0.25, 0.3) is 0 Å². The molecule has 0 N–H and O–H groups in total. The van der Waals surface area contributed by atoms with Crippen molar-refractivity contribution >= 4 is 11.9 Å². The van der Waals surface area contributed by atoms with Gasteiger partial charge in [0.15, 0.2) is 0 Å². The van der Waals surface area contributed by atoms with E-state index in [1.807, 2.05) is 12.1 Å². The maximum atomic E-state index is 13.6. The fourth-order valence-corrected chi connectivity index (χ4v) is 4.83. The van der Waals surface area contributed by atoms with E-state index in [-0.39, 0.29) is 5.92 Å². The SMILES string of the molecule is O=C1CCCCC[C@]1(C[C@@H](/C=C/c1ccccc1)c1ccccc1)c1ccccc1. The number of hydrogen-bond acceptors (Lipinski definition) is 1. The van der Waals surface area contributed by atoms with Crippen molar-refractivity contribution in [1.29, 1.82) is 0 Å². The number of benzene rings is 3. The third kappa shape index (κ3) is 4.62. The molecule has 1 fully saturated rings. The summed E-state index contributed by atoms with van der Waals surface area (Å²) in [6, 6.07) is 31.6. The number of allylic oxidation sites excluding steroid dienone is 1. The van der Waals surface area contributed by atoms with Crippen molar-refractivity contribution in [1.82, 2.24) is 0 Å². The zero-order valence-electron chi connectivity index (χ0n) is 17.5. The largest absolute Gasteiger partial charge is 0.299 e. The molecule has 3 aromatic carbocycles. The van der Waals surface area contributed by atoms with Gasteiger partial charge in [-0.05, 0) is 36.0 Å². The van der Waals surface area contributed by atoms with Crippen LogP contribution in [0, 0.1) is 0 Å². The van der Waals surface area contributed by atoms with Crippen molar-refractivity contribution in [3.63, 3.8) is 0 Å². The summed E-state index contributed by atoms with van der Waals surface area (Å²) in [4.78, 5) is 13.6. The van der Waals surface area contributed by atoms with Gasteiger partial charge >= 0.3 is 0 Å². The van der Waals surface area contributed by atoms with E-state index in [1.165, 1.54) is 16.7 Å². The molecule has 30 heavy (non-hydrogen) atoms. The fraction of sp³-hybridized carbons (Fsp3) is 0.276. The molecule has 1 aliphatic carbocycles. The monoisotopic (exact) mass is 394 g/mol. The van der Waals surface area contributed by atoms with Crippen LogP contribution < -0.4 is 0 Å². The lowest BCUT2D eigenvalue weighted by Gasteiger charge is -2.35. The minimum atomic E-state index is -0.403. The second-order valence-electron chi connectivity index (χ2n) is 8.42. The maximum Gasteiger partial charge on any atom is 0.143 e. The molecule has 0 unspecified atom stereocenters. The molecule has 0 aromatic heterocycles. The first-order chi connectivity index (χ1) is 14.8. The van der Waals surface area contributed by atoms with Gasteiger partial charge in [0.05, 0.1) is 5.41 Å². The quantitative estimate of drug-likeness (QED) is 0.400. The van der Waals surface area contributed by atoms with Gasteiger partial charge in [0, 0.05) is 12.3 Å². The molecular formula is C29H30O. The lowest BCUT2D eigenvalue weighted by atomic mass is 9.67. The molecule has 1 nitrogen and oxygen atoms in total. The van der Waals surface area contributed by atoms with Crippen LogP contribution in [0.15, 0.2) is 97.1 Å². The second kappa shape index (κ2) is 9.71. The predicted molar refractivity (Wildman–Crippen MR) is 125 cm³/mol.